The van der Waals surface area contributed by atoms with Gasteiger partial charge in [0.2, 0.25) is 0 Å². The summed E-state index contributed by atoms with van der Waals surface area (Å²) < 4.78 is 0. The summed E-state index contributed by atoms with van der Waals surface area (Å²) in [7, 11) is 0. The lowest BCUT2D eigenvalue weighted by molar-refractivity contribution is -0.126. The van der Waals surface area contributed by atoms with Gasteiger partial charge in [-0.15, -0.1) is 0 Å². The minimum absolute atomic E-state index is 0.148. The van der Waals surface area contributed by atoms with E-state index in [1.54, 1.807) is 0 Å². The van der Waals surface area contributed by atoms with E-state index in [1.807, 2.05) is 0 Å². The highest BCUT2D eigenvalue weighted by Crippen LogP contribution is 2.37. The van der Waals surface area contributed by atoms with Crippen molar-refractivity contribution in [2.75, 3.05) is 0 Å². The van der Waals surface area contributed by atoms with Crippen LogP contribution in [0.15, 0.2) is 24.3 Å². The molecule has 2 aromatic rings. The Labute approximate surface area is 200 Å². The fourth-order valence-electron chi connectivity index (χ4n) is 4.78. The smallest absolute Gasteiger partial charge is 0.140 e. The fourth-order valence-corrected chi connectivity index (χ4v) is 6.87. The Morgan fingerprint density at radius 1 is 0.607 bits per heavy atom. The van der Waals surface area contributed by atoms with Crippen molar-refractivity contribution in [1.29, 1.82) is 0 Å². The van der Waals surface area contributed by atoms with Gasteiger partial charge >= 0.3 is 0 Å². The maximum absolute atomic E-state index is 13.4. The van der Waals surface area contributed by atoms with Gasteiger partial charge in [0.15, 0.2) is 0 Å². The molecule has 0 saturated carbocycles. The Morgan fingerprint density at radius 2 is 0.857 bits per heavy atom. The third-order valence-electron chi connectivity index (χ3n) is 6.29. The molecular formula is C23H22Br4O. The maximum Gasteiger partial charge on any atom is 0.140 e. The Balaban J connectivity index is 1.51. The second-order valence-electron chi connectivity index (χ2n) is 7.93. The van der Waals surface area contributed by atoms with Gasteiger partial charge in [-0.3, -0.25) is 4.79 Å². The predicted octanol–water partition coefficient (Wildman–Crippen LogP) is 6.97. The zero-order valence-corrected chi connectivity index (χ0v) is 21.9. The molecule has 0 bridgehead atoms. The molecule has 0 amide bonds. The van der Waals surface area contributed by atoms with E-state index in [2.05, 4.69) is 88.0 Å². The number of hydrogen-bond donors (Lipinski definition) is 0. The highest BCUT2D eigenvalue weighted by molar-refractivity contribution is 9.09. The summed E-state index contributed by atoms with van der Waals surface area (Å²) in [5, 5.41) is 3.46. The van der Waals surface area contributed by atoms with Gasteiger partial charge in [0, 0.05) is 33.2 Å². The molecule has 0 unspecified atom stereocenters. The molecule has 4 rings (SSSR count). The minimum atomic E-state index is 0.148. The lowest BCUT2D eigenvalue weighted by Crippen LogP contribution is -2.24. The molecule has 2 aromatic carbocycles. The standard InChI is InChI=1S/C23H22Br4O/c24-9-19-5-13-1-17(2-14(13)6-20(19)10-25)23(28)18-3-15-7-21(11-26)22(12-27)8-16(15)4-18/h5-8,17-18H,1-4,9-12H2. The Hall–Kier alpha value is 0.0300. The highest BCUT2D eigenvalue weighted by atomic mass is 79.9. The summed E-state index contributed by atoms with van der Waals surface area (Å²) in [5.41, 5.74) is 10.8. The van der Waals surface area contributed by atoms with Crippen LogP contribution in [0.2, 0.25) is 0 Å². The van der Waals surface area contributed by atoms with Crippen molar-refractivity contribution in [2.24, 2.45) is 11.8 Å². The highest BCUT2D eigenvalue weighted by Gasteiger charge is 2.35. The number of benzene rings is 2. The van der Waals surface area contributed by atoms with Gasteiger partial charge in [0.05, 0.1) is 0 Å². The number of hydrogen-bond acceptors (Lipinski definition) is 1. The molecular weight excluding hydrogens is 612 g/mol. The summed E-state index contributed by atoms with van der Waals surface area (Å²) in [6, 6.07) is 9.23. The second kappa shape index (κ2) is 9.03. The first-order valence-electron chi connectivity index (χ1n) is 9.62. The van der Waals surface area contributed by atoms with Crippen molar-refractivity contribution in [3.05, 3.63) is 68.8 Å². The Bertz CT molecular complexity index is 782. The van der Waals surface area contributed by atoms with Crippen LogP contribution in [0, 0.1) is 11.8 Å². The predicted molar refractivity (Wildman–Crippen MR) is 130 cm³/mol. The second-order valence-corrected chi connectivity index (χ2v) is 10.2. The first kappa shape index (κ1) is 21.3. The van der Waals surface area contributed by atoms with Gasteiger partial charge in [-0.05, 0) is 70.2 Å². The molecule has 5 heteroatoms. The molecule has 2 aliphatic carbocycles. The van der Waals surface area contributed by atoms with Gasteiger partial charge in [0.1, 0.15) is 5.78 Å². The van der Waals surface area contributed by atoms with Crippen molar-refractivity contribution in [3.63, 3.8) is 0 Å². The normalized spacial score (nSPS) is 16.4. The lowest BCUT2D eigenvalue weighted by atomic mass is 9.89. The van der Waals surface area contributed by atoms with Crippen LogP contribution in [-0.4, -0.2) is 5.78 Å². The van der Waals surface area contributed by atoms with Crippen LogP contribution in [0.1, 0.15) is 44.5 Å². The lowest BCUT2D eigenvalue weighted by Gasteiger charge is -2.13. The molecule has 0 aromatic heterocycles. The van der Waals surface area contributed by atoms with Crippen LogP contribution < -0.4 is 0 Å². The van der Waals surface area contributed by atoms with Crippen molar-refractivity contribution < 1.29 is 4.79 Å². The molecule has 148 valence electrons. The number of alkyl halides is 4. The summed E-state index contributed by atoms with van der Waals surface area (Å²) >= 11 is 14.4. The minimum Gasteiger partial charge on any atom is -0.299 e. The first-order valence-corrected chi connectivity index (χ1v) is 14.1. The Morgan fingerprint density at radius 3 is 1.07 bits per heavy atom. The van der Waals surface area contributed by atoms with Crippen LogP contribution in [0.25, 0.3) is 0 Å². The number of carbonyl (C=O) groups excluding carboxylic acids is 1. The number of Topliss-reactive ketones (excluding diaryl/α,β-unsaturated/α-hetero) is 1. The average molecular weight is 634 g/mol. The van der Waals surface area contributed by atoms with Crippen molar-refractivity contribution in [2.45, 2.75) is 47.0 Å². The largest absolute Gasteiger partial charge is 0.299 e. The number of rotatable bonds is 6. The molecule has 0 heterocycles. The topological polar surface area (TPSA) is 17.1 Å². The summed E-state index contributed by atoms with van der Waals surface area (Å²) in [6.07, 6.45) is 3.62. The van der Waals surface area contributed by atoms with Crippen LogP contribution in [-0.2, 0) is 51.8 Å². The molecule has 0 spiro atoms. The first-order chi connectivity index (χ1) is 13.6. The zero-order chi connectivity index (χ0) is 19.8. The van der Waals surface area contributed by atoms with Gasteiger partial charge < -0.3 is 0 Å². The summed E-state index contributed by atoms with van der Waals surface area (Å²) in [5.74, 6) is 0.762. The number of halogens is 4. The van der Waals surface area contributed by atoms with Gasteiger partial charge in [-0.1, -0.05) is 88.0 Å². The third-order valence-corrected chi connectivity index (χ3v) is 8.71. The van der Waals surface area contributed by atoms with Gasteiger partial charge in [-0.2, -0.15) is 0 Å². The molecule has 0 saturated heterocycles. The molecule has 1 nitrogen and oxygen atoms in total. The molecule has 28 heavy (non-hydrogen) atoms. The van der Waals surface area contributed by atoms with Gasteiger partial charge in [-0.25, -0.2) is 0 Å². The molecule has 2 aliphatic rings. The molecule has 0 fully saturated rings. The van der Waals surface area contributed by atoms with E-state index >= 15 is 0 Å². The summed E-state index contributed by atoms with van der Waals surface area (Å²) in [4.78, 5) is 13.4. The number of fused-ring (bicyclic) bond motifs is 2. The van der Waals surface area contributed by atoms with Crippen molar-refractivity contribution in [3.8, 4) is 0 Å². The van der Waals surface area contributed by atoms with Crippen molar-refractivity contribution >= 4 is 69.5 Å². The fraction of sp³-hybridized carbons (Fsp3) is 0.435. The van der Waals surface area contributed by atoms with E-state index in [4.69, 9.17) is 0 Å². The van der Waals surface area contributed by atoms with Gasteiger partial charge in [0.25, 0.3) is 0 Å². The van der Waals surface area contributed by atoms with E-state index in [1.165, 1.54) is 44.5 Å². The average Bonchev–Trinajstić information content (AvgIpc) is 3.33. The van der Waals surface area contributed by atoms with Crippen LogP contribution >= 0.6 is 63.7 Å². The van der Waals surface area contributed by atoms with E-state index in [0.717, 1.165) is 47.0 Å². The molecule has 0 radical (unpaired) electrons. The van der Waals surface area contributed by atoms with Crippen LogP contribution in [0.4, 0.5) is 0 Å². The zero-order valence-electron chi connectivity index (χ0n) is 15.5. The SMILES string of the molecule is O=C(C1Cc2cc(CBr)c(CBr)cc2C1)C1Cc2cc(CBr)c(CBr)cc2C1. The molecule has 0 N–H and O–H groups in total. The number of ketones is 1. The maximum atomic E-state index is 13.4. The summed E-state index contributed by atoms with van der Waals surface area (Å²) in [6.45, 7) is 0. The Kier molecular flexibility index (Phi) is 6.86. The van der Waals surface area contributed by atoms with Crippen molar-refractivity contribution in [1.82, 2.24) is 0 Å². The third kappa shape index (κ3) is 3.98. The number of carbonyl (C=O) groups is 1. The molecule has 0 atom stereocenters. The quantitative estimate of drug-likeness (QED) is 0.314. The van der Waals surface area contributed by atoms with Crippen LogP contribution in [0.3, 0.4) is 0 Å². The van der Waals surface area contributed by atoms with E-state index in [9.17, 15) is 4.79 Å². The van der Waals surface area contributed by atoms with Crippen LogP contribution in [0.5, 0.6) is 0 Å². The van der Waals surface area contributed by atoms with E-state index < -0.39 is 0 Å². The monoisotopic (exact) mass is 630 g/mol. The van der Waals surface area contributed by atoms with E-state index in [-0.39, 0.29) is 11.8 Å². The molecule has 0 aliphatic heterocycles. The van der Waals surface area contributed by atoms with E-state index in [0.29, 0.717) is 5.78 Å².